The van der Waals surface area contributed by atoms with Gasteiger partial charge in [0.05, 0.1) is 17.8 Å². The number of fused-ring (bicyclic) bond motifs is 1. The average molecular weight is 425 g/mol. The van der Waals surface area contributed by atoms with Crippen molar-refractivity contribution >= 4 is 6.09 Å². The molecule has 1 aromatic heterocycles. The van der Waals surface area contributed by atoms with Crippen LogP contribution in [-0.2, 0) is 24.3 Å². The summed E-state index contributed by atoms with van der Waals surface area (Å²) in [5, 5.41) is 9.48. The Morgan fingerprint density at radius 1 is 1.30 bits per heavy atom. The van der Waals surface area contributed by atoms with E-state index in [1.807, 2.05) is 0 Å². The zero-order chi connectivity index (χ0) is 22.1. The van der Waals surface area contributed by atoms with Gasteiger partial charge in [-0.15, -0.1) is 0 Å². The molecular weight excluding hydrogens is 403 g/mol. The summed E-state index contributed by atoms with van der Waals surface area (Å²) in [6.07, 6.45) is -3.17. The van der Waals surface area contributed by atoms with Crippen LogP contribution in [0.15, 0.2) is 18.2 Å². The summed E-state index contributed by atoms with van der Waals surface area (Å²) in [7, 11) is 0. The molecule has 2 heterocycles. The van der Waals surface area contributed by atoms with E-state index in [2.05, 4.69) is 9.97 Å². The molecule has 0 saturated carbocycles. The SMILES string of the molecule is CC(C)(C)OC(=O)N1CCc2c(nc(CO)nc2Oc2ccc(F)cc2C(F)F)C1. The maximum atomic E-state index is 13.4. The van der Waals surface area contributed by atoms with Gasteiger partial charge in [-0.2, -0.15) is 4.98 Å². The Hall–Kier alpha value is -2.88. The number of nitrogens with zero attached hydrogens (tertiary/aromatic N) is 3. The van der Waals surface area contributed by atoms with E-state index in [4.69, 9.17) is 9.47 Å². The van der Waals surface area contributed by atoms with E-state index in [9.17, 15) is 23.1 Å². The molecule has 1 aliphatic rings. The number of alkyl halides is 2. The van der Waals surface area contributed by atoms with Crippen LogP contribution in [0.3, 0.4) is 0 Å². The third kappa shape index (κ3) is 4.99. The highest BCUT2D eigenvalue weighted by Gasteiger charge is 2.29. The van der Waals surface area contributed by atoms with Crippen LogP contribution in [0.2, 0.25) is 0 Å². The fourth-order valence-electron chi connectivity index (χ4n) is 2.97. The number of carbonyl (C=O) groups excluding carboxylic acids is 1. The number of benzene rings is 1. The predicted molar refractivity (Wildman–Crippen MR) is 99.7 cm³/mol. The first-order chi connectivity index (χ1) is 14.1. The van der Waals surface area contributed by atoms with Crippen molar-refractivity contribution in [2.45, 2.75) is 52.4 Å². The summed E-state index contributed by atoms with van der Waals surface area (Å²) < 4.78 is 50.9. The molecule has 0 atom stereocenters. The van der Waals surface area contributed by atoms with Gasteiger partial charge >= 0.3 is 6.09 Å². The van der Waals surface area contributed by atoms with Crippen molar-refractivity contribution in [2.75, 3.05) is 6.54 Å². The monoisotopic (exact) mass is 425 g/mol. The van der Waals surface area contributed by atoms with Crippen LogP contribution in [0, 0.1) is 5.82 Å². The van der Waals surface area contributed by atoms with Gasteiger partial charge in [0, 0.05) is 12.1 Å². The molecule has 10 heteroatoms. The molecule has 0 spiro atoms. The Bertz CT molecular complexity index is 948. The normalized spacial score (nSPS) is 13.9. The molecule has 3 rings (SSSR count). The molecule has 30 heavy (non-hydrogen) atoms. The molecule has 1 aliphatic heterocycles. The van der Waals surface area contributed by atoms with E-state index in [0.717, 1.165) is 12.1 Å². The quantitative estimate of drug-likeness (QED) is 0.793. The van der Waals surface area contributed by atoms with Gasteiger partial charge in [0.15, 0.2) is 5.82 Å². The zero-order valence-corrected chi connectivity index (χ0v) is 16.8. The number of rotatable bonds is 4. The molecule has 1 N–H and O–H groups in total. The van der Waals surface area contributed by atoms with E-state index in [1.54, 1.807) is 20.8 Å². The van der Waals surface area contributed by atoms with Crippen molar-refractivity contribution in [1.29, 1.82) is 0 Å². The number of aliphatic hydroxyl groups is 1. The van der Waals surface area contributed by atoms with Gasteiger partial charge in [0.2, 0.25) is 5.88 Å². The third-order valence-corrected chi connectivity index (χ3v) is 4.28. The van der Waals surface area contributed by atoms with Gasteiger partial charge in [-0.1, -0.05) is 0 Å². The Balaban J connectivity index is 1.92. The Morgan fingerprint density at radius 3 is 2.67 bits per heavy atom. The molecule has 1 amide bonds. The lowest BCUT2D eigenvalue weighted by atomic mass is 10.1. The van der Waals surface area contributed by atoms with Gasteiger partial charge in [-0.05, 0) is 45.4 Å². The maximum Gasteiger partial charge on any atom is 0.410 e. The van der Waals surface area contributed by atoms with Crippen molar-refractivity contribution in [3.8, 4) is 11.6 Å². The smallest absolute Gasteiger partial charge is 0.410 e. The van der Waals surface area contributed by atoms with Crippen molar-refractivity contribution in [3.63, 3.8) is 0 Å². The number of ether oxygens (including phenoxy) is 2. The van der Waals surface area contributed by atoms with E-state index in [-0.39, 0.29) is 30.5 Å². The molecule has 0 unspecified atom stereocenters. The van der Waals surface area contributed by atoms with Crippen LogP contribution in [0.1, 0.15) is 49.8 Å². The average Bonchev–Trinajstić information content (AvgIpc) is 2.67. The molecular formula is C20H22F3N3O4. The summed E-state index contributed by atoms with van der Waals surface area (Å²) in [4.78, 5) is 22.2. The molecule has 0 saturated heterocycles. The third-order valence-electron chi connectivity index (χ3n) is 4.28. The van der Waals surface area contributed by atoms with Crippen LogP contribution in [0.25, 0.3) is 0 Å². The van der Waals surface area contributed by atoms with E-state index < -0.39 is 36.1 Å². The van der Waals surface area contributed by atoms with Crippen LogP contribution >= 0.6 is 0 Å². The van der Waals surface area contributed by atoms with E-state index in [0.29, 0.717) is 23.7 Å². The fourth-order valence-corrected chi connectivity index (χ4v) is 2.97. The predicted octanol–water partition coefficient (Wildman–Crippen LogP) is 4.13. The number of halogens is 3. The first kappa shape index (κ1) is 21.8. The van der Waals surface area contributed by atoms with E-state index in [1.165, 1.54) is 4.90 Å². The van der Waals surface area contributed by atoms with Crippen LogP contribution in [0.5, 0.6) is 11.6 Å². The minimum absolute atomic E-state index is 0.00972. The maximum absolute atomic E-state index is 13.4. The number of carbonyl (C=O) groups is 1. The van der Waals surface area contributed by atoms with Gasteiger partial charge < -0.3 is 19.5 Å². The topological polar surface area (TPSA) is 84.8 Å². The number of amides is 1. The lowest BCUT2D eigenvalue weighted by Crippen LogP contribution is -2.40. The summed E-state index contributed by atoms with van der Waals surface area (Å²) in [6, 6.07) is 2.80. The molecule has 0 radical (unpaired) electrons. The number of hydrogen-bond donors (Lipinski definition) is 1. The van der Waals surface area contributed by atoms with Gasteiger partial charge in [-0.25, -0.2) is 22.9 Å². The summed E-state index contributed by atoms with van der Waals surface area (Å²) >= 11 is 0. The van der Waals surface area contributed by atoms with E-state index >= 15 is 0 Å². The molecule has 1 aromatic carbocycles. The fraction of sp³-hybridized carbons (Fsp3) is 0.450. The highest BCUT2D eigenvalue weighted by molar-refractivity contribution is 5.68. The lowest BCUT2D eigenvalue weighted by Gasteiger charge is -2.31. The van der Waals surface area contributed by atoms with Gasteiger partial charge in [0.1, 0.15) is 23.8 Å². The molecule has 0 aliphatic carbocycles. The Labute approximate surface area is 171 Å². The lowest BCUT2D eigenvalue weighted by molar-refractivity contribution is 0.0219. The number of hydrogen-bond acceptors (Lipinski definition) is 6. The molecule has 7 nitrogen and oxygen atoms in total. The molecule has 162 valence electrons. The van der Waals surface area contributed by atoms with Crippen LogP contribution < -0.4 is 4.74 Å². The zero-order valence-electron chi connectivity index (χ0n) is 16.8. The summed E-state index contributed by atoms with van der Waals surface area (Å²) in [5.41, 5.74) is -0.334. The molecule has 2 aromatic rings. The Kier molecular flexibility index (Phi) is 6.16. The van der Waals surface area contributed by atoms with Crippen molar-refractivity contribution < 1.29 is 32.5 Å². The first-order valence-corrected chi connectivity index (χ1v) is 9.30. The Morgan fingerprint density at radius 2 is 2.03 bits per heavy atom. The first-order valence-electron chi connectivity index (χ1n) is 9.30. The second-order valence-corrected chi connectivity index (χ2v) is 7.77. The summed E-state index contributed by atoms with van der Waals surface area (Å²) in [6.45, 7) is 5.12. The van der Waals surface area contributed by atoms with Crippen molar-refractivity contribution in [2.24, 2.45) is 0 Å². The minimum atomic E-state index is -2.95. The molecule has 0 bridgehead atoms. The van der Waals surface area contributed by atoms with Gasteiger partial charge in [0.25, 0.3) is 6.43 Å². The minimum Gasteiger partial charge on any atom is -0.444 e. The second-order valence-electron chi connectivity index (χ2n) is 7.77. The van der Waals surface area contributed by atoms with Crippen LogP contribution in [-0.4, -0.2) is 38.2 Å². The van der Waals surface area contributed by atoms with Crippen LogP contribution in [0.4, 0.5) is 18.0 Å². The van der Waals surface area contributed by atoms with Gasteiger partial charge in [-0.3, -0.25) is 0 Å². The number of aromatic nitrogens is 2. The highest BCUT2D eigenvalue weighted by Crippen LogP contribution is 2.35. The van der Waals surface area contributed by atoms with Crippen molar-refractivity contribution in [1.82, 2.24) is 14.9 Å². The largest absolute Gasteiger partial charge is 0.444 e. The number of aliphatic hydroxyl groups excluding tert-OH is 1. The second kappa shape index (κ2) is 8.47. The summed E-state index contributed by atoms with van der Waals surface area (Å²) in [5.74, 6) is -1.06. The standard InChI is InChI=1S/C20H22F3N3O4/c1-20(2,3)30-19(28)26-7-6-12-14(9-26)24-16(10-27)25-18(12)29-15-5-4-11(21)8-13(15)17(22)23/h4-5,8,17,27H,6-7,9-10H2,1-3H3. The molecule has 0 fully saturated rings. The highest BCUT2D eigenvalue weighted by atomic mass is 19.3. The van der Waals surface area contributed by atoms with Crippen molar-refractivity contribution in [3.05, 3.63) is 46.7 Å².